The fourth-order valence-electron chi connectivity index (χ4n) is 2.08. The molecule has 0 radical (unpaired) electrons. The van der Waals surface area contributed by atoms with Gasteiger partial charge < -0.3 is 10.6 Å². The number of para-hydroxylation sites is 1. The number of hydrogen-bond donors (Lipinski definition) is 2. The van der Waals surface area contributed by atoms with E-state index in [-0.39, 0.29) is 0 Å². The third-order valence-corrected chi connectivity index (χ3v) is 3.57. The van der Waals surface area contributed by atoms with Crippen LogP contribution in [-0.4, -0.2) is 16.5 Å². The molecule has 4 nitrogen and oxygen atoms in total. The zero-order valence-corrected chi connectivity index (χ0v) is 13.2. The molecule has 1 aromatic heterocycles. The molecule has 3 aromatic rings. The summed E-state index contributed by atoms with van der Waals surface area (Å²) in [5, 5.41) is 7.53. The maximum atomic E-state index is 4.56. The summed E-state index contributed by atoms with van der Waals surface area (Å²) in [5.74, 6) is 1.44. The van der Waals surface area contributed by atoms with E-state index in [4.69, 9.17) is 0 Å². The van der Waals surface area contributed by atoms with Crippen molar-refractivity contribution in [2.45, 2.75) is 6.92 Å². The maximum absolute atomic E-state index is 4.56. The van der Waals surface area contributed by atoms with Gasteiger partial charge in [0, 0.05) is 22.1 Å². The van der Waals surface area contributed by atoms with Gasteiger partial charge in [-0.05, 0) is 43.3 Å². The van der Waals surface area contributed by atoms with E-state index in [0.29, 0.717) is 5.95 Å². The lowest BCUT2D eigenvalue weighted by Gasteiger charge is -2.11. The summed E-state index contributed by atoms with van der Waals surface area (Å²) in [7, 11) is 0. The molecule has 106 valence electrons. The van der Waals surface area contributed by atoms with Crippen molar-refractivity contribution in [1.29, 1.82) is 0 Å². The van der Waals surface area contributed by atoms with Gasteiger partial charge in [-0.15, -0.1) is 0 Å². The molecule has 0 saturated carbocycles. The van der Waals surface area contributed by atoms with E-state index >= 15 is 0 Å². The smallest absolute Gasteiger partial charge is 0.225 e. The zero-order chi connectivity index (χ0) is 14.7. The topological polar surface area (TPSA) is 49.8 Å². The second-order valence-electron chi connectivity index (χ2n) is 4.58. The van der Waals surface area contributed by atoms with Crippen LogP contribution in [0, 0.1) is 0 Å². The van der Waals surface area contributed by atoms with Gasteiger partial charge in [0.05, 0.1) is 5.52 Å². The van der Waals surface area contributed by atoms with E-state index in [0.717, 1.165) is 33.4 Å². The molecule has 0 amide bonds. The molecular formula is C16H15BrN4. The summed E-state index contributed by atoms with van der Waals surface area (Å²) in [6.45, 7) is 2.82. The minimum atomic E-state index is 0.635. The number of nitrogens with zero attached hydrogens (tertiary/aromatic N) is 2. The predicted octanol–water partition coefficient (Wildman–Crippen LogP) is 4.57. The Hall–Kier alpha value is -2.14. The third kappa shape index (κ3) is 3.13. The average molecular weight is 343 g/mol. The van der Waals surface area contributed by atoms with Gasteiger partial charge in [-0.1, -0.05) is 28.1 Å². The summed E-state index contributed by atoms with van der Waals surface area (Å²) in [6, 6.07) is 16.0. The first kappa shape index (κ1) is 13.8. The number of aromatic nitrogens is 2. The van der Waals surface area contributed by atoms with Gasteiger partial charge in [0.25, 0.3) is 0 Å². The highest BCUT2D eigenvalue weighted by Gasteiger charge is 2.07. The Labute approximate surface area is 131 Å². The minimum Gasteiger partial charge on any atom is -0.354 e. The Kier molecular flexibility index (Phi) is 4.01. The summed E-state index contributed by atoms with van der Waals surface area (Å²) in [6.07, 6.45) is 0. The van der Waals surface area contributed by atoms with Crippen LogP contribution in [0.25, 0.3) is 10.9 Å². The Morgan fingerprint density at radius 2 is 1.76 bits per heavy atom. The number of anilines is 3. The SMILES string of the molecule is CCNc1nc(Nc2ccc(Br)cc2)c2ccccc2n1. The summed E-state index contributed by atoms with van der Waals surface area (Å²) in [5.41, 5.74) is 1.91. The monoisotopic (exact) mass is 342 g/mol. The van der Waals surface area contributed by atoms with Crippen LogP contribution in [0.3, 0.4) is 0 Å². The van der Waals surface area contributed by atoms with Crippen molar-refractivity contribution in [2.75, 3.05) is 17.2 Å². The summed E-state index contributed by atoms with van der Waals surface area (Å²) in [4.78, 5) is 9.07. The molecule has 0 saturated heterocycles. The van der Waals surface area contributed by atoms with E-state index in [1.165, 1.54) is 0 Å². The highest BCUT2D eigenvalue weighted by molar-refractivity contribution is 9.10. The molecular weight excluding hydrogens is 328 g/mol. The molecule has 2 N–H and O–H groups in total. The number of halogens is 1. The minimum absolute atomic E-state index is 0.635. The van der Waals surface area contributed by atoms with Crippen LogP contribution in [-0.2, 0) is 0 Å². The van der Waals surface area contributed by atoms with Gasteiger partial charge in [0.1, 0.15) is 5.82 Å². The molecule has 0 aliphatic rings. The first-order valence-corrected chi connectivity index (χ1v) is 7.59. The molecule has 1 heterocycles. The Balaban J connectivity index is 2.04. The summed E-state index contributed by atoms with van der Waals surface area (Å²) < 4.78 is 1.05. The number of benzene rings is 2. The van der Waals surface area contributed by atoms with Gasteiger partial charge in [0.2, 0.25) is 5.95 Å². The fraction of sp³-hybridized carbons (Fsp3) is 0.125. The van der Waals surface area contributed by atoms with Crippen molar-refractivity contribution in [3.05, 3.63) is 53.0 Å². The van der Waals surface area contributed by atoms with Crippen LogP contribution in [0.2, 0.25) is 0 Å². The first-order chi connectivity index (χ1) is 10.3. The first-order valence-electron chi connectivity index (χ1n) is 6.79. The van der Waals surface area contributed by atoms with Crippen LogP contribution in [0.15, 0.2) is 53.0 Å². The quantitative estimate of drug-likeness (QED) is 0.729. The predicted molar refractivity (Wildman–Crippen MR) is 91.1 cm³/mol. The van der Waals surface area contributed by atoms with Gasteiger partial charge >= 0.3 is 0 Å². The third-order valence-electron chi connectivity index (χ3n) is 3.05. The van der Waals surface area contributed by atoms with Gasteiger partial charge in [-0.25, -0.2) is 4.98 Å². The van der Waals surface area contributed by atoms with Crippen LogP contribution in [0.1, 0.15) is 6.92 Å². The van der Waals surface area contributed by atoms with Crippen LogP contribution < -0.4 is 10.6 Å². The molecule has 0 fully saturated rings. The molecule has 3 rings (SSSR count). The molecule has 21 heavy (non-hydrogen) atoms. The number of fused-ring (bicyclic) bond motifs is 1. The normalized spacial score (nSPS) is 10.6. The maximum Gasteiger partial charge on any atom is 0.225 e. The standard InChI is InChI=1S/C16H15BrN4/c1-2-18-16-20-14-6-4-3-5-13(14)15(21-16)19-12-9-7-11(17)8-10-12/h3-10H,2H2,1H3,(H2,18,19,20,21). The Morgan fingerprint density at radius 3 is 2.52 bits per heavy atom. The molecule has 0 bridgehead atoms. The fourth-order valence-corrected chi connectivity index (χ4v) is 2.34. The van der Waals surface area contributed by atoms with E-state index in [1.54, 1.807) is 0 Å². The lowest BCUT2D eigenvalue weighted by Crippen LogP contribution is -2.05. The van der Waals surface area contributed by atoms with Crippen LogP contribution in [0.4, 0.5) is 17.5 Å². The zero-order valence-electron chi connectivity index (χ0n) is 11.6. The van der Waals surface area contributed by atoms with Crippen molar-refractivity contribution in [2.24, 2.45) is 0 Å². The van der Waals surface area contributed by atoms with Crippen molar-refractivity contribution in [3.63, 3.8) is 0 Å². The van der Waals surface area contributed by atoms with Crippen molar-refractivity contribution in [3.8, 4) is 0 Å². The second-order valence-corrected chi connectivity index (χ2v) is 5.49. The van der Waals surface area contributed by atoms with Crippen LogP contribution in [0.5, 0.6) is 0 Å². The molecule has 2 aromatic carbocycles. The highest BCUT2D eigenvalue weighted by atomic mass is 79.9. The molecule has 0 aliphatic carbocycles. The average Bonchev–Trinajstić information content (AvgIpc) is 2.50. The van der Waals surface area contributed by atoms with E-state index in [1.807, 2.05) is 55.5 Å². The Bertz CT molecular complexity index is 756. The molecule has 0 unspecified atom stereocenters. The highest BCUT2D eigenvalue weighted by Crippen LogP contribution is 2.25. The van der Waals surface area contributed by atoms with E-state index < -0.39 is 0 Å². The largest absolute Gasteiger partial charge is 0.354 e. The molecule has 5 heteroatoms. The van der Waals surface area contributed by atoms with E-state index in [9.17, 15) is 0 Å². The van der Waals surface area contributed by atoms with Gasteiger partial charge in [-0.2, -0.15) is 4.98 Å². The van der Waals surface area contributed by atoms with Gasteiger partial charge in [-0.3, -0.25) is 0 Å². The van der Waals surface area contributed by atoms with Crippen molar-refractivity contribution >= 4 is 44.3 Å². The lowest BCUT2D eigenvalue weighted by molar-refractivity contribution is 1.11. The van der Waals surface area contributed by atoms with Crippen molar-refractivity contribution in [1.82, 2.24) is 9.97 Å². The molecule has 0 aliphatic heterocycles. The van der Waals surface area contributed by atoms with E-state index in [2.05, 4.69) is 36.5 Å². The number of hydrogen-bond acceptors (Lipinski definition) is 4. The van der Waals surface area contributed by atoms with Crippen LogP contribution >= 0.6 is 15.9 Å². The lowest BCUT2D eigenvalue weighted by atomic mass is 10.2. The number of nitrogens with one attached hydrogen (secondary N) is 2. The second kappa shape index (κ2) is 6.10. The van der Waals surface area contributed by atoms with Gasteiger partial charge in [0.15, 0.2) is 0 Å². The summed E-state index contributed by atoms with van der Waals surface area (Å²) >= 11 is 3.44. The molecule has 0 atom stereocenters. The van der Waals surface area contributed by atoms with Crippen molar-refractivity contribution < 1.29 is 0 Å². The molecule has 0 spiro atoms. The number of rotatable bonds is 4. The Morgan fingerprint density at radius 1 is 1.00 bits per heavy atom.